The first-order valence-corrected chi connectivity index (χ1v) is 6.82. The second-order valence-electron chi connectivity index (χ2n) is 4.82. The van der Waals surface area contributed by atoms with Gasteiger partial charge in [0.25, 0.3) is 0 Å². The van der Waals surface area contributed by atoms with Crippen LogP contribution >= 0.6 is 0 Å². The standard InChI is InChI=1S/C17H16FN3/c1-19-10-14-8-5-9-16(18)17(14)21-12-15(11-20-21)13-6-3-2-4-7-13/h2-9,11-12,19H,10H2,1H3. The topological polar surface area (TPSA) is 29.9 Å². The van der Waals surface area contributed by atoms with Gasteiger partial charge in [-0.1, -0.05) is 42.5 Å². The van der Waals surface area contributed by atoms with E-state index >= 15 is 0 Å². The summed E-state index contributed by atoms with van der Waals surface area (Å²) in [5.74, 6) is -0.273. The molecule has 3 aromatic rings. The maximum Gasteiger partial charge on any atom is 0.149 e. The molecule has 3 nitrogen and oxygen atoms in total. The molecule has 0 aliphatic carbocycles. The summed E-state index contributed by atoms with van der Waals surface area (Å²) >= 11 is 0. The molecule has 0 aliphatic rings. The Balaban J connectivity index is 2.04. The monoisotopic (exact) mass is 281 g/mol. The van der Waals surface area contributed by atoms with Crippen LogP contribution in [0, 0.1) is 5.82 Å². The average Bonchev–Trinajstić information content (AvgIpc) is 2.98. The van der Waals surface area contributed by atoms with Gasteiger partial charge in [-0.25, -0.2) is 9.07 Å². The average molecular weight is 281 g/mol. The number of nitrogens with zero attached hydrogens (tertiary/aromatic N) is 2. The molecule has 1 aromatic heterocycles. The molecule has 0 atom stereocenters. The van der Waals surface area contributed by atoms with Gasteiger partial charge in [-0.3, -0.25) is 0 Å². The summed E-state index contributed by atoms with van der Waals surface area (Å²) in [6.45, 7) is 0.591. The zero-order chi connectivity index (χ0) is 14.7. The van der Waals surface area contributed by atoms with Gasteiger partial charge >= 0.3 is 0 Å². The summed E-state index contributed by atoms with van der Waals surface area (Å²) in [6, 6.07) is 15.0. The lowest BCUT2D eigenvalue weighted by atomic mass is 10.1. The van der Waals surface area contributed by atoms with Crippen LogP contribution in [0.3, 0.4) is 0 Å². The molecular weight excluding hydrogens is 265 g/mol. The Morgan fingerprint density at radius 3 is 2.62 bits per heavy atom. The van der Waals surface area contributed by atoms with Gasteiger partial charge in [0, 0.05) is 18.3 Å². The van der Waals surface area contributed by atoms with Crippen LogP contribution in [0.1, 0.15) is 5.56 Å². The predicted molar refractivity (Wildman–Crippen MR) is 81.7 cm³/mol. The lowest BCUT2D eigenvalue weighted by Crippen LogP contribution is -2.10. The molecule has 1 heterocycles. The van der Waals surface area contributed by atoms with E-state index in [1.807, 2.05) is 49.6 Å². The summed E-state index contributed by atoms with van der Waals surface area (Å²) in [7, 11) is 1.84. The zero-order valence-corrected chi connectivity index (χ0v) is 11.8. The van der Waals surface area contributed by atoms with Crippen molar-refractivity contribution in [2.75, 3.05) is 7.05 Å². The molecule has 0 aliphatic heterocycles. The van der Waals surface area contributed by atoms with Gasteiger partial charge in [-0.15, -0.1) is 0 Å². The van der Waals surface area contributed by atoms with E-state index in [1.165, 1.54) is 6.07 Å². The smallest absolute Gasteiger partial charge is 0.149 e. The highest BCUT2D eigenvalue weighted by Crippen LogP contribution is 2.23. The van der Waals surface area contributed by atoms with E-state index in [-0.39, 0.29) is 5.82 Å². The van der Waals surface area contributed by atoms with Crippen LogP contribution in [0.15, 0.2) is 60.9 Å². The molecule has 0 amide bonds. The molecular formula is C17H16FN3. The number of rotatable bonds is 4. The van der Waals surface area contributed by atoms with E-state index in [4.69, 9.17) is 0 Å². The Labute approximate surface area is 123 Å². The van der Waals surface area contributed by atoms with Crippen molar-refractivity contribution in [3.63, 3.8) is 0 Å². The Bertz CT molecular complexity index is 735. The number of nitrogens with one attached hydrogen (secondary N) is 1. The lowest BCUT2D eigenvalue weighted by Gasteiger charge is -2.10. The van der Waals surface area contributed by atoms with Crippen LogP contribution in [0.2, 0.25) is 0 Å². The molecule has 0 fully saturated rings. The SMILES string of the molecule is CNCc1cccc(F)c1-n1cc(-c2ccccc2)cn1. The van der Waals surface area contributed by atoms with Crippen LogP contribution < -0.4 is 5.32 Å². The van der Waals surface area contributed by atoms with E-state index in [0.717, 1.165) is 16.7 Å². The van der Waals surface area contributed by atoms with Crippen LogP contribution in [-0.2, 0) is 6.54 Å². The fourth-order valence-corrected chi connectivity index (χ4v) is 2.37. The lowest BCUT2D eigenvalue weighted by molar-refractivity contribution is 0.605. The van der Waals surface area contributed by atoms with Crippen molar-refractivity contribution in [3.8, 4) is 16.8 Å². The first-order chi connectivity index (χ1) is 10.3. The van der Waals surface area contributed by atoms with E-state index in [0.29, 0.717) is 12.2 Å². The highest BCUT2D eigenvalue weighted by Gasteiger charge is 2.12. The van der Waals surface area contributed by atoms with Crippen LogP contribution in [0.25, 0.3) is 16.8 Å². The van der Waals surface area contributed by atoms with Crippen molar-refractivity contribution in [1.29, 1.82) is 0 Å². The Morgan fingerprint density at radius 1 is 1.05 bits per heavy atom. The molecule has 0 saturated heterocycles. The van der Waals surface area contributed by atoms with E-state index in [2.05, 4.69) is 10.4 Å². The van der Waals surface area contributed by atoms with Crippen molar-refractivity contribution in [3.05, 3.63) is 72.3 Å². The normalized spacial score (nSPS) is 10.8. The van der Waals surface area contributed by atoms with Crippen molar-refractivity contribution >= 4 is 0 Å². The summed E-state index contributed by atoms with van der Waals surface area (Å²) < 4.78 is 15.8. The third kappa shape index (κ3) is 2.71. The molecule has 0 saturated carbocycles. The molecule has 0 bridgehead atoms. The first-order valence-electron chi connectivity index (χ1n) is 6.82. The van der Waals surface area contributed by atoms with Gasteiger partial charge in [-0.2, -0.15) is 5.10 Å². The minimum Gasteiger partial charge on any atom is -0.316 e. The fourth-order valence-electron chi connectivity index (χ4n) is 2.37. The second kappa shape index (κ2) is 5.89. The molecule has 106 valence electrons. The molecule has 21 heavy (non-hydrogen) atoms. The number of hydrogen-bond donors (Lipinski definition) is 1. The van der Waals surface area contributed by atoms with E-state index in [1.54, 1.807) is 16.9 Å². The van der Waals surface area contributed by atoms with Gasteiger partial charge in [0.2, 0.25) is 0 Å². The number of benzene rings is 2. The largest absolute Gasteiger partial charge is 0.316 e. The Kier molecular flexibility index (Phi) is 3.79. The Morgan fingerprint density at radius 2 is 1.86 bits per heavy atom. The fraction of sp³-hybridized carbons (Fsp3) is 0.118. The molecule has 1 N–H and O–H groups in total. The molecule has 0 radical (unpaired) electrons. The third-order valence-electron chi connectivity index (χ3n) is 3.36. The van der Waals surface area contributed by atoms with Crippen molar-refractivity contribution in [1.82, 2.24) is 15.1 Å². The molecule has 2 aromatic carbocycles. The maximum absolute atomic E-state index is 14.2. The minimum atomic E-state index is -0.273. The molecule has 4 heteroatoms. The van der Waals surface area contributed by atoms with Gasteiger partial charge in [-0.05, 0) is 24.2 Å². The van der Waals surface area contributed by atoms with Crippen molar-refractivity contribution in [2.45, 2.75) is 6.54 Å². The highest BCUT2D eigenvalue weighted by atomic mass is 19.1. The number of halogens is 1. The first kappa shape index (κ1) is 13.5. The van der Waals surface area contributed by atoms with Crippen molar-refractivity contribution < 1.29 is 4.39 Å². The quantitative estimate of drug-likeness (QED) is 0.794. The number of aromatic nitrogens is 2. The predicted octanol–water partition coefficient (Wildman–Crippen LogP) is 3.40. The third-order valence-corrected chi connectivity index (χ3v) is 3.36. The van der Waals surface area contributed by atoms with Crippen LogP contribution in [-0.4, -0.2) is 16.8 Å². The van der Waals surface area contributed by atoms with Gasteiger partial charge < -0.3 is 5.32 Å². The molecule has 3 rings (SSSR count). The zero-order valence-electron chi connectivity index (χ0n) is 11.8. The molecule has 0 spiro atoms. The number of para-hydroxylation sites is 1. The van der Waals surface area contributed by atoms with E-state index < -0.39 is 0 Å². The van der Waals surface area contributed by atoms with Crippen LogP contribution in [0.4, 0.5) is 4.39 Å². The summed E-state index contributed by atoms with van der Waals surface area (Å²) in [5, 5.41) is 7.37. The van der Waals surface area contributed by atoms with E-state index in [9.17, 15) is 4.39 Å². The summed E-state index contributed by atoms with van der Waals surface area (Å²) in [5.41, 5.74) is 3.40. The van der Waals surface area contributed by atoms with Gasteiger partial charge in [0.05, 0.1) is 6.20 Å². The van der Waals surface area contributed by atoms with Crippen LogP contribution in [0.5, 0.6) is 0 Å². The van der Waals surface area contributed by atoms with Gasteiger partial charge in [0.1, 0.15) is 11.5 Å². The highest BCUT2D eigenvalue weighted by molar-refractivity contribution is 5.62. The number of hydrogen-bond acceptors (Lipinski definition) is 2. The van der Waals surface area contributed by atoms with Gasteiger partial charge in [0.15, 0.2) is 0 Å². The summed E-state index contributed by atoms with van der Waals surface area (Å²) in [4.78, 5) is 0. The molecule has 0 unspecified atom stereocenters. The summed E-state index contributed by atoms with van der Waals surface area (Å²) in [6.07, 6.45) is 3.61. The Hall–Kier alpha value is -2.46. The van der Waals surface area contributed by atoms with Crippen molar-refractivity contribution in [2.24, 2.45) is 0 Å². The maximum atomic E-state index is 14.2. The second-order valence-corrected chi connectivity index (χ2v) is 4.82. The minimum absolute atomic E-state index is 0.273.